The number of aryl methyl sites for hydroxylation is 1. The van der Waals surface area contributed by atoms with Crippen molar-refractivity contribution in [2.75, 3.05) is 6.61 Å². The maximum Gasteiger partial charge on any atom is 0.340 e. The second kappa shape index (κ2) is 10.3. The van der Waals surface area contributed by atoms with Gasteiger partial charge in [-0.2, -0.15) is 5.26 Å². The van der Waals surface area contributed by atoms with Crippen molar-refractivity contribution in [1.29, 1.82) is 5.26 Å². The van der Waals surface area contributed by atoms with Crippen LogP contribution in [0.15, 0.2) is 11.1 Å². The third kappa shape index (κ3) is 5.96. The molecule has 1 N–H and O–H groups in total. The number of nitriles is 1. The molecule has 1 fully saturated rings. The second-order valence-corrected chi connectivity index (χ2v) is 8.09. The molecule has 0 spiro atoms. The summed E-state index contributed by atoms with van der Waals surface area (Å²) in [5, 5.41) is 12.7. The van der Waals surface area contributed by atoms with Crippen LogP contribution in [-0.4, -0.2) is 34.8 Å². The van der Waals surface area contributed by atoms with E-state index in [0.717, 1.165) is 25.7 Å². The number of amides is 1. The number of ether oxygens (including phenoxy) is 1. The topological polar surface area (TPSA) is 92.1 Å². The van der Waals surface area contributed by atoms with Crippen LogP contribution < -0.4 is 5.32 Å². The minimum Gasteiger partial charge on any atom is -0.462 e. The monoisotopic (exact) mass is 389 g/mol. The van der Waals surface area contributed by atoms with Gasteiger partial charge in [0.25, 0.3) is 0 Å². The van der Waals surface area contributed by atoms with Gasteiger partial charge < -0.3 is 10.1 Å². The van der Waals surface area contributed by atoms with Crippen LogP contribution in [0.2, 0.25) is 0 Å². The minimum absolute atomic E-state index is 0.0373. The molecule has 146 valence electrons. The average Bonchev–Trinajstić information content (AvgIpc) is 2.90. The molecule has 0 radical (unpaired) electrons. The molecule has 0 bridgehead atoms. The predicted molar refractivity (Wildman–Crippen MR) is 105 cm³/mol. The fourth-order valence-electron chi connectivity index (χ4n) is 3.13. The Balaban J connectivity index is 2.08. The van der Waals surface area contributed by atoms with E-state index in [9.17, 15) is 14.9 Å². The molecule has 1 aliphatic carbocycles. The van der Waals surface area contributed by atoms with Crippen molar-refractivity contribution >= 4 is 23.6 Å². The summed E-state index contributed by atoms with van der Waals surface area (Å²) in [7, 11) is 0. The Kier molecular flexibility index (Phi) is 8.11. The minimum atomic E-state index is -0.491. The number of nitrogens with zero attached hydrogens (tertiary/aromatic N) is 2. The molecule has 1 aromatic rings. The van der Waals surface area contributed by atoms with Crippen molar-refractivity contribution in [3.05, 3.63) is 22.9 Å². The van der Waals surface area contributed by atoms with E-state index in [1.165, 1.54) is 30.7 Å². The highest BCUT2D eigenvalue weighted by Gasteiger charge is 2.23. The highest BCUT2D eigenvalue weighted by molar-refractivity contribution is 8.00. The van der Waals surface area contributed by atoms with Gasteiger partial charge in [0.15, 0.2) is 0 Å². The molecule has 0 unspecified atom stereocenters. The van der Waals surface area contributed by atoms with Gasteiger partial charge >= 0.3 is 5.97 Å². The normalized spacial score (nSPS) is 16.1. The molecule has 1 amide bonds. The van der Waals surface area contributed by atoms with Gasteiger partial charge in [0.2, 0.25) is 5.91 Å². The molecule has 1 atom stereocenters. The Hall–Kier alpha value is -2.07. The van der Waals surface area contributed by atoms with Crippen LogP contribution in [0.25, 0.3) is 0 Å². The van der Waals surface area contributed by atoms with Crippen molar-refractivity contribution in [1.82, 2.24) is 10.3 Å². The van der Waals surface area contributed by atoms with E-state index in [-0.39, 0.29) is 34.9 Å². The Morgan fingerprint density at radius 3 is 2.63 bits per heavy atom. The summed E-state index contributed by atoms with van der Waals surface area (Å²) in [6.07, 6.45) is 6.83. The summed E-state index contributed by atoms with van der Waals surface area (Å²) in [5.74, 6) is -0.528. The van der Waals surface area contributed by atoms with Crippen LogP contribution in [0.4, 0.5) is 0 Å². The summed E-state index contributed by atoms with van der Waals surface area (Å²) in [6, 6.07) is 3.81. The number of pyridine rings is 1. The van der Waals surface area contributed by atoms with Gasteiger partial charge in [-0.25, -0.2) is 9.78 Å². The molecule has 27 heavy (non-hydrogen) atoms. The number of thioether (sulfide) groups is 1. The molecule has 0 aromatic carbocycles. The van der Waals surface area contributed by atoms with E-state index in [4.69, 9.17) is 4.74 Å². The number of aromatic nitrogens is 1. The number of esters is 1. The maximum atomic E-state index is 12.6. The first-order valence-electron chi connectivity index (χ1n) is 9.52. The molecule has 1 aromatic heterocycles. The van der Waals surface area contributed by atoms with Crippen LogP contribution in [0, 0.1) is 18.3 Å². The average molecular weight is 390 g/mol. The Morgan fingerprint density at radius 2 is 2.04 bits per heavy atom. The van der Waals surface area contributed by atoms with Gasteiger partial charge in [0.1, 0.15) is 11.1 Å². The zero-order chi connectivity index (χ0) is 19.8. The van der Waals surface area contributed by atoms with E-state index < -0.39 is 5.97 Å². The van der Waals surface area contributed by atoms with Gasteiger partial charge in [0.05, 0.1) is 28.7 Å². The highest BCUT2D eigenvalue weighted by atomic mass is 32.2. The summed E-state index contributed by atoms with van der Waals surface area (Å²) in [4.78, 5) is 28.9. The predicted octanol–water partition coefficient (Wildman–Crippen LogP) is 3.76. The zero-order valence-corrected chi connectivity index (χ0v) is 17.0. The third-order valence-corrected chi connectivity index (χ3v) is 5.76. The number of carbonyl (C=O) groups excluding carboxylic acids is 2. The van der Waals surface area contributed by atoms with Crippen LogP contribution >= 0.6 is 11.8 Å². The van der Waals surface area contributed by atoms with E-state index >= 15 is 0 Å². The van der Waals surface area contributed by atoms with Gasteiger partial charge in [-0.3, -0.25) is 4.79 Å². The van der Waals surface area contributed by atoms with Gasteiger partial charge in [-0.05, 0) is 39.7 Å². The lowest BCUT2D eigenvalue weighted by Crippen LogP contribution is -2.39. The number of nitrogens with one attached hydrogen (secondary N) is 1. The Labute approximate surface area is 165 Å². The van der Waals surface area contributed by atoms with Gasteiger partial charge in [0, 0.05) is 6.04 Å². The van der Waals surface area contributed by atoms with Crippen LogP contribution in [0.1, 0.15) is 74.0 Å². The molecule has 2 rings (SSSR count). The number of hydrogen-bond donors (Lipinski definition) is 1. The smallest absolute Gasteiger partial charge is 0.340 e. The van der Waals surface area contributed by atoms with Crippen molar-refractivity contribution < 1.29 is 14.3 Å². The highest BCUT2D eigenvalue weighted by Crippen LogP contribution is 2.27. The summed E-state index contributed by atoms with van der Waals surface area (Å²) < 4.78 is 5.00. The number of hydrogen-bond acceptors (Lipinski definition) is 6. The second-order valence-electron chi connectivity index (χ2n) is 6.76. The molecular formula is C20H27N3O3S. The lowest BCUT2D eigenvalue weighted by Gasteiger charge is -2.19. The van der Waals surface area contributed by atoms with E-state index in [0.29, 0.717) is 10.7 Å². The molecular weight excluding hydrogens is 362 g/mol. The first-order valence-corrected chi connectivity index (χ1v) is 10.4. The number of rotatable bonds is 6. The molecule has 7 heteroatoms. The van der Waals surface area contributed by atoms with Crippen LogP contribution in [0.5, 0.6) is 0 Å². The summed E-state index contributed by atoms with van der Waals surface area (Å²) in [6.45, 7) is 5.50. The fraction of sp³-hybridized carbons (Fsp3) is 0.600. The van der Waals surface area contributed by atoms with E-state index in [2.05, 4.69) is 16.4 Å². The molecule has 0 aliphatic heterocycles. The first kappa shape index (κ1) is 21.2. The number of carbonyl (C=O) groups is 2. The van der Waals surface area contributed by atoms with Crippen molar-refractivity contribution in [3.63, 3.8) is 0 Å². The summed E-state index contributed by atoms with van der Waals surface area (Å²) in [5.41, 5.74) is 1.06. The van der Waals surface area contributed by atoms with Gasteiger partial charge in [-0.1, -0.05) is 37.4 Å². The fourth-order valence-corrected chi connectivity index (χ4v) is 4.06. The van der Waals surface area contributed by atoms with E-state index in [1.54, 1.807) is 13.8 Å². The van der Waals surface area contributed by atoms with Gasteiger partial charge in [-0.15, -0.1) is 0 Å². The Bertz CT molecular complexity index is 722. The molecule has 1 saturated carbocycles. The zero-order valence-electron chi connectivity index (χ0n) is 16.2. The SMILES string of the molecule is CCOC(=O)c1cc(C#N)c(S[C@@H](C)C(=O)NC2CCCCCC2)nc1C. The summed E-state index contributed by atoms with van der Waals surface area (Å²) >= 11 is 1.25. The first-order chi connectivity index (χ1) is 13.0. The molecule has 1 heterocycles. The standard InChI is InChI=1S/C20H27N3O3S/c1-4-26-20(25)17-11-15(12-21)19(22-13(17)2)27-14(3)18(24)23-16-9-7-5-6-8-10-16/h11,14,16H,4-10H2,1-3H3,(H,23,24)/t14-/m0/s1. The third-order valence-electron chi connectivity index (χ3n) is 4.65. The van der Waals surface area contributed by atoms with Crippen molar-refractivity contribution in [2.24, 2.45) is 0 Å². The van der Waals surface area contributed by atoms with Crippen LogP contribution in [-0.2, 0) is 9.53 Å². The lowest BCUT2D eigenvalue weighted by molar-refractivity contribution is -0.121. The molecule has 0 saturated heterocycles. The molecule has 6 nitrogen and oxygen atoms in total. The Morgan fingerprint density at radius 1 is 1.37 bits per heavy atom. The lowest BCUT2D eigenvalue weighted by atomic mass is 10.1. The maximum absolute atomic E-state index is 12.6. The van der Waals surface area contributed by atoms with Crippen LogP contribution in [0.3, 0.4) is 0 Å². The molecule has 1 aliphatic rings. The van der Waals surface area contributed by atoms with Crippen molar-refractivity contribution in [2.45, 2.75) is 75.6 Å². The van der Waals surface area contributed by atoms with E-state index in [1.807, 2.05) is 6.92 Å². The largest absolute Gasteiger partial charge is 0.462 e. The van der Waals surface area contributed by atoms with Crippen molar-refractivity contribution in [3.8, 4) is 6.07 Å². The quantitative estimate of drug-likeness (QED) is 0.452.